The minimum atomic E-state index is 0. The second-order valence-electron chi connectivity index (χ2n) is 7.28. The summed E-state index contributed by atoms with van der Waals surface area (Å²) in [4.78, 5) is 4.32. The molecule has 2 unspecified atom stereocenters. The van der Waals surface area contributed by atoms with Gasteiger partial charge in [-0.15, -0.1) is 24.0 Å². The van der Waals surface area contributed by atoms with Crippen molar-refractivity contribution in [2.24, 2.45) is 10.9 Å². The molecule has 1 aromatic heterocycles. The highest BCUT2D eigenvalue weighted by Crippen LogP contribution is 2.33. The summed E-state index contributed by atoms with van der Waals surface area (Å²) in [7, 11) is 1.78. The van der Waals surface area contributed by atoms with Gasteiger partial charge in [-0.25, -0.2) is 0 Å². The maximum absolute atomic E-state index is 6.07. The van der Waals surface area contributed by atoms with Gasteiger partial charge in [0.05, 0.1) is 18.3 Å². The molecule has 2 heterocycles. The summed E-state index contributed by atoms with van der Waals surface area (Å²) in [5.41, 5.74) is 2.22. The lowest BCUT2D eigenvalue weighted by Crippen LogP contribution is -2.41. The molecule has 0 spiro atoms. The summed E-state index contributed by atoms with van der Waals surface area (Å²) in [5, 5.41) is 10.8. The first-order chi connectivity index (χ1) is 13.2. The van der Waals surface area contributed by atoms with Crippen molar-refractivity contribution in [1.29, 1.82) is 0 Å². The minimum Gasteiger partial charge on any atom is -0.373 e. The zero-order valence-corrected chi connectivity index (χ0v) is 19.2. The fraction of sp³-hybridized carbons (Fsp3) is 0.524. The van der Waals surface area contributed by atoms with Crippen molar-refractivity contribution in [3.8, 4) is 0 Å². The highest BCUT2D eigenvalue weighted by Gasteiger charge is 2.27. The number of hydrogen-bond donors (Lipinski definition) is 2. The Balaban J connectivity index is 0.00000280. The molecule has 6 nitrogen and oxygen atoms in total. The second-order valence-corrected chi connectivity index (χ2v) is 7.28. The van der Waals surface area contributed by atoms with Gasteiger partial charge in [-0.3, -0.25) is 4.99 Å². The second kappa shape index (κ2) is 11.4. The SMILES string of the molecule is CN=C(NCc1cc(C(C)C)no1)NCC1CCCOC1c1ccccc1.I. The van der Waals surface area contributed by atoms with Gasteiger partial charge in [0.15, 0.2) is 11.7 Å². The van der Waals surface area contributed by atoms with Crippen LogP contribution in [-0.4, -0.2) is 31.3 Å². The van der Waals surface area contributed by atoms with Crippen LogP contribution in [0, 0.1) is 5.92 Å². The van der Waals surface area contributed by atoms with Crippen molar-refractivity contribution in [2.45, 2.75) is 45.3 Å². The Morgan fingerprint density at radius 1 is 1.25 bits per heavy atom. The van der Waals surface area contributed by atoms with Crippen molar-refractivity contribution in [3.63, 3.8) is 0 Å². The van der Waals surface area contributed by atoms with E-state index in [0.717, 1.165) is 43.4 Å². The molecule has 0 aliphatic carbocycles. The van der Waals surface area contributed by atoms with Crippen molar-refractivity contribution < 1.29 is 9.26 Å². The van der Waals surface area contributed by atoms with E-state index in [0.29, 0.717) is 18.4 Å². The monoisotopic (exact) mass is 498 g/mol. The number of nitrogens with one attached hydrogen (secondary N) is 2. The smallest absolute Gasteiger partial charge is 0.191 e. The van der Waals surface area contributed by atoms with Gasteiger partial charge in [-0.1, -0.05) is 49.3 Å². The maximum Gasteiger partial charge on any atom is 0.191 e. The van der Waals surface area contributed by atoms with Crippen molar-refractivity contribution >= 4 is 29.9 Å². The average Bonchev–Trinajstić information content (AvgIpc) is 3.18. The number of halogens is 1. The van der Waals surface area contributed by atoms with Gasteiger partial charge in [0.1, 0.15) is 0 Å². The van der Waals surface area contributed by atoms with Crippen LogP contribution in [-0.2, 0) is 11.3 Å². The molecule has 1 aromatic carbocycles. The Morgan fingerprint density at radius 2 is 2.04 bits per heavy atom. The van der Waals surface area contributed by atoms with E-state index in [1.807, 2.05) is 12.1 Å². The molecule has 1 fully saturated rings. The van der Waals surface area contributed by atoms with Gasteiger partial charge in [0, 0.05) is 32.2 Å². The number of aromatic nitrogens is 1. The van der Waals surface area contributed by atoms with Crippen LogP contribution >= 0.6 is 24.0 Å². The lowest BCUT2D eigenvalue weighted by molar-refractivity contribution is -0.0265. The average molecular weight is 498 g/mol. The molecule has 0 bridgehead atoms. The molecule has 0 saturated carbocycles. The molecule has 1 aliphatic heterocycles. The molecule has 7 heteroatoms. The predicted molar refractivity (Wildman–Crippen MR) is 122 cm³/mol. The van der Waals surface area contributed by atoms with Gasteiger partial charge in [-0.05, 0) is 24.3 Å². The topological polar surface area (TPSA) is 71.7 Å². The summed E-state index contributed by atoms with van der Waals surface area (Å²) < 4.78 is 11.4. The van der Waals surface area contributed by atoms with Crippen LogP contribution in [0.2, 0.25) is 0 Å². The molecular formula is C21H31IN4O2. The summed E-state index contributed by atoms with van der Waals surface area (Å²) in [5.74, 6) is 2.35. The molecule has 0 radical (unpaired) electrons. The summed E-state index contributed by atoms with van der Waals surface area (Å²) in [6.07, 6.45) is 2.37. The van der Waals surface area contributed by atoms with E-state index in [2.05, 4.69) is 58.9 Å². The zero-order chi connectivity index (χ0) is 19.1. The largest absolute Gasteiger partial charge is 0.373 e. The number of rotatable bonds is 6. The predicted octanol–water partition coefficient (Wildman–Crippen LogP) is 4.25. The quantitative estimate of drug-likeness (QED) is 0.354. The molecule has 2 atom stereocenters. The van der Waals surface area contributed by atoms with E-state index in [-0.39, 0.29) is 30.1 Å². The molecule has 154 valence electrons. The minimum absolute atomic E-state index is 0. The highest BCUT2D eigenvalue weighted by atomic mass is 127. The number of nitrogens with zero attached hydrogens (tertiary/aromatic N) is 2. The summed E-state index contributed by atoms with van der Waals surface area (Å²) in [6.45, 7) is 6.40. The van der Waals surface area contributed by atoms with Crippen LogP contribution in [0.15, 0.2) is 45.9 Å². The van der Waals surface area contributed by atoms with Crippen LogP contribution in [0.5, 0.6) is 0 Å². The molecule has 0 amide bonds. The first kappa shape index (κ1) is 22.7. The summed E-state index contributed by atoms with van der Waals surface area (Å²) in [6, 6.07) is 12.5. The van der Waals surface area contributed by atoms with E-state index in [1.165, 1.54) is 5.56 Å². The van der Waals surface area contributed by atoms with Crippen molar-refractivity contribution in [3.05, 3.63) is 53.4 Å². The van der Waals surface area contributed by atoms with Gasteiger partial charge in [0.25, 0.3) is 0 Å². The first-order valence-corrected chi connectivity index (χ1v) is 9.74. The number of benzene rings is 1. The van der Waals surface area contributed by atoms with Crippen LogP contribution in [0.1, 0.15) is 55.7 Å². The number of aliphatic imine (C=N–C) groups is 1. The third kappa shape index (κ3) is 6.20. The molecule has 28 heavy (non-hydrogen) atoms. The fourth-order valence-corrected chi connectivity index (χ4v) is 3.37. The number of guanidine groups is 1. The van der Waals surface area contributed by atoms with E-state index < -0.39 is 0 Å². The summed E-state index contributed by atoms with van der Waals surface area (Å²) >= 11 is 0. The van der Waals surface area contributed by atoms with E-state index in [4.69, 9.17) is 9.26 Å². The third-order valence-corrected chi connectivity index (χ3v) is 4.93. The van der Waals surface area contributed by atoms with Crippen molar-refractivity contribution in [2.75, 3.05) is 20.2 Å². The fourth-order valence-electron chi connectivity index (χ4n) is 3.37. The molecule has 1 saturated heterocycles. The first-order valence-electron chi connectivity index (χ1n) is 9.74. The normalized spacial score (nSPS) is 19.9. The molecule has 2 N–H and O–H groups in total. The van der Waals surface area contributed by atoms with Crippen LogP contribution in [0.25, 0.3) is 0 Å². The van der Waals surface area contributed by atoms with Crippen LogP contribution in [0.3, 0.4) is 0 Å². The number of hydrogen-bond acceptors (Lipinski definition) is 4. The van der Waals surface area contributed by atoms with Gasteiger partial charge in [-0.2, -0.15) is 0 Å². The lowest BCUT2D eigenvalue weighted by atomic mass is 9.89. The van der Waals surface area contributed by atoms with E-state index in [9.17, 15) is 0 Å². The number of ether oxygens (including phenoxy) is 1. The van der Waals surface area contributed by atoms with Gasteiger partial charge in [0.2, 0.25) is 0 Å². The Bertz CT molecular complexity index is 733. The zero-order valence-electron chi connectivity index (χ0n) is 16.9. The standard InChI is InChI=1S/C21H30N4O2.HI/c1-15(2)19-12-18(27-25-19)14-24-21(22-3)23-13-17-10-7-11-26-20(17)16-8-5-4-6-9-16;/h4-6,8-9,12,15,17,20H,7,10-11,13-14H2,1-3H3,(H2,22,23,24);1H. The molecule has 3 rings (SSSR count). The molecular weight excluding hydrogens is 467 g/mol. The lowest BCUT2D eigenvalue weighted by Gasteiger charge is -2.32. The molecule has 2 aromatic rings. The maximum atomic E-state index is 6.07. The van der Waals surface area contributed by atoms with Crippen LogP contribution in [0.4, 0.5) is 0 Å². The van der Waals surface area contributed by atoms with E-state index >= 15 is 0 Å². The Kier molecular flexibility index (Phi) is 9.24. The Hall–Kier alpha value is -1.61. The highest BCUT2D eigenvalue weighted by molar-refractivity contribution is 14.0. The third-order valence-electron chi connectivity index (χ3n) is 4.93. The van der Waals surface area contributed by atoms with E-state index in [1.54, 1.807) is 7.05 Å². The Labute approximate surface area is 184 Å². The van der Waals surface area contributed by atoms with Crippen LogP contribution < -0.4 is 10.6 Å². The van der Waals surface area contributed by atoms with Gasteiger partial charge >= 0.3 is 0 Å². The van der Waals surface area contributed by atoms with Crippen molar-refractivity contribution in [1.82, 2.24) is 15.8 Å². The molecule has 1 aliphatic rings. The van der Waals surface area contributed by atoms with Gasteiger partial charge < -0.3 is 19.9 Å². The Morgan fingerprint density at radius 3 is 2.71 bits per heavy atom.